The van der Waals surface area contributed by atoms with Crippen LogP contribution in [0.25, 0.3) is 0 Å². The number of benzene rings is 2. The van der Waals surface area contributed by atoms with Crippen molar-refractivity contribution in [2.24, 2.45) is 22.7 Å². The molecular weight excluding hydrogens is 716 g/mol. The molecule has 56 heavy (non-hydrogen) atoms. The molecule has 2 saturated carbocycles. The molecule has 0 bridgehead atoms. The molecule has 2 aliphatic heterocycles. The van der Waals surface area contributed by atoms with Crippen molar-refractivity contribution in [3.63, 3.8) is 0 Å². The number of amides is 2. The van der Waals surface area contributed by atoms with Crippen LogP contribution < -0.4 is 10.2 Å². The van der Waals surface area contributed by atoms with Gasteiger partial charge in [-0.15, -0.1) is 0 Å². The van der Waals surface area contributed by atoms with Crippen LogP contribution in [0.2, 0.25) is 0 Å². The van der Waals surface area contributed by atoms with Gasteiger partial charge < -0.3 is 43.8 Å². The van der Waals surface area contributed by atoms with E-state index < -0.39 is 6.16 Å². The second-order valence-electron chi connectivity index (χ2n) is 15.4. The Hall–Kier alpha value is -5.33. The highest BCUT2D eigenvalue weighted by atomic mass is 16.6. The molecule has 2 spiro atoms. The molecule has 2 atom stereocenters. The van der Waals surface area contributed by atoms with Crippen LogP contribution >= 0.6 is 0 Å². The number of carboxylic acid groups (broad SMARTS) is 2. The molecule has 6 rings (SSSR count). The topological polar surface area (TPSA) is 147 Å². The third kappa shape index (κ3) is 12.9. The number of hydrogen-bond acceptors (Lipinski definition) is 9. The third-order valence-corrected chi connectivity index (χ3v) is 11.0. The number of allylic oxidation sites excluding steroid dienone is 2. The van der Waals surface area contributed by atoms with Gasteiger partial charge in [-0.2, -0.15) is 0 Å². The van der Waals surface area contributed by atoms with Crippen molar-refractivity contribution in [1.29, 1.82) is 0 Å². The zero-order valence-corrected chi connectivity index (χ0v) is 33.7. The van der Waals surface area contributed by atoms with E-state index in [0.29, 0.717) is 35.9 Å². The molecule has 0 radical (unpaired) electrons. The van der Waals surface area contributed by atoms with E-state index in [2.05, 4.69) is 21.6 Å². The van der Waals surface area contributed by atoms with Crippen molar-refractivity contribution in [2.75, 3.05) is 68.6 Å². The second-order valence-corrected chi connectivity index (χ2v) is 15.4. The minimum atomic E-state index is -2.33. The molecule has 4 aliphatic rings. The first-order chi connectivity index (χ1) is 26.8. The lowest BCUT2D eigenvalue weighted by molar-refractivity contribution is -0.459. The molecule has 13 heteroatoms. The van der Waals surface area contributed by atoms with Crippen LogP contribution in [-0.2, 0) is 32.2 Å². The Kier molecular flexibility index (Phi) is 15.9. The van der Waals surface area contributed by atoms with Crippen LogP contribution in [0.4, 0.5) is 14.4 Å². The minimum absolute atomic E-state index is 0.201. The number of carbonyl (C=O) groups excluding carboxylic acids is 3. The maximum Gasteiger partial charge on any atom is 0.410 e. The molecule has 304 valence electrons. The van der Waals surface area contributed by atoms with Gasteiger partial charge in [0.15, 0.2) is 12.4 Å². The van der Waals surface area contributed by atoms with Gasteiger partial charge in [-0.25, -0.2) is 18.7 Å². The predicted octanol–water partition coefficient (Wildman–Crippen LogP) is 4.15. The van der Waals surface area contributed by atoms with Crippen molar-refractivity contribution >= 4 is 30.8 Å². The summed E-state index contributed by atoms with van der Waals surface area (Å²) in [6, 6.07) is 19.6. The van der Waals surface area contributed by atoms with Gasteiger partial charge >= 0.3 is 12.2 Å². The standard InChI is InChI=1S/2C21H29N2O3.CH2O3/c2*1-22(2)14-18(16-25-3)19-13-21(19)9-11-23(12-10-21)20(24)26-15-17-7-5-4-6-8-17;2-1(3)4/h2*4-8,14,16,19H,9-13,15H2,1-3H3;(H2,2,3,4)/q2*+1;/p-2. The van der Waals surface area contributed by atoms with Crippen molar-refractivity contribution < 1.29 is 52.7 Å². The van der Waals surface area contributed by atoms with E-state index in [1.807, 2.05) is 111 Å². The van der Waals surface area contributed by atoms with Gasteiger partial charge in [-0.3, -0.25) is 0 Å². The first-order valence-corrected chi connectivity index (χ1v) is 19.1. The highest BCUT2D eigenvalue weighted by Gasteiger charge is 2.58. The second kappa shape index (κ2) is 20.5. The van der Waals surface area contributed by atoms with Crippen molar-refractivity contribution in [1.82, 2.24) is 9.80 Å². The molecular formula is C43H58N4O9. The minimum Gasteiger partial charge on any atom is -0.652 e. The molecule has 2 amide bonds. The fraction of sp³-hybridized carbons (Fsp3) is 0.512. The first kappa shape index (κ1) is 43.4. The zero-order valence-electron chi connectivity index (χ0n) is 33.7. The molecule has 0 aromatic heterocycles. The zero-order chi connectivity index (χ0) is 40.7. The summed E-state index contributed by atoms with van der Waals surface area (Å²) in [5.41, 5.74) is 5.19. The highest BCUT2D eigenvalue weighted by Crippen LogP contribution is 2.63. The normalized spacial score (nSPS) is 20.2. The smallest absolute Gasteiger partial charge is 0.410 e. The van der Waals surface area contributed by atoms with Crippen LogP contribution in [0.3, 0.4) is 0 Å². The SMILES string of the molecule is COC=C(C=[N+](C)C)C1CC12CCN(C(=O)OCc1ccccc1)CC2.COC=C(C=[N+](C)C)C1CC12CCN(C(=O)OCc1ccccc1)CC2.O=C([O-])[O-]. The lowest BCUT2D eigenvalue weighted by atomic mass is 9.89. The summed E-state index contributed by atoms with van der Waals surface area (Å²) < 4.78 is 25.6. The van der Waals surface area contributed by atoms with E-state index in [4.69, 9.17) is 34.0 Å². The molecule has 2 unspecified atom stereocenters. The maximum atomic E-state index is 12.3. The molecule has 2 aliphatic carbocycles. The first-order valence-electron chi connectivity index (χ1n) is 19.1. The lowest BCUT2D eigenvalue weighted by Crippen LogP contribution is -2.40. The Morgan fingerprint density at radius 1 is 0.643 bits per heavy atom. The number of nitrogens with zero attached hydrogens (tertiary/aromatic N) is 4. The molecule has 13 nitrogen and oxygen atoms in total. The number of piperidine rings is 2. The molecule has 2 aromatic rings. The Morgan fingerprint density at radius 3 is 1.25 bits per heavy atom. The highest BCUT2D eigenvalue weighted by molar-refractivity contribution is 5.77. The Morgan fingerprint density at radius 2 is 0.964 bits per heavy atom. The summed E-state index contributed by atoms with van der Waals surface area (Å²) in [7, 11) is 11.5. The number of rotatable bonds is 10. The van der Waals surface area contributed by atoms with Crippen molar-refractivity contribution in [3.8, 4) is 0 Å². The molecule has 4 fully saturated rings. The van der Waals surface area contributed by atoms with Gasteiger partial charge in [0.05, 0.1) is 37.9 Å². The quantitative estimate of drug-likeness (QED) is 0.197. The van der Waals surface area contributed by atoms with Gasteiger partial charge in [0.25, 0.3) is 0 Å². The Labute approximate surface area is 331 Å². The fourth-order valence-corrected chi connectivity index (χ4v) is 7.91. The van der Waals surface area contributed by atoms with E-state index >= 15 is 0 Å². The van der Waals surface area contributed by atoms with Crippen LogP contribution in [0.5, 0.6) is 0 Å². The summed E-state index contributed by atoms with van der Waals surface area (Å²) in [5.74, 6) is 1.07. The van der Waals surface area contributed by atoms with Crippen LogP contribution in [0, 0.1) is 22.7 Å². The number of hydrogen-bond donors (Lipinski definition) is 0. The van der Waals surface area contributed by atoms with Crippen LogP contribution in [-0.4, -0.2) is 118 Å². The number of carbonyl (C=O) groups is 3. The van der Waals surface area contributed by atoms with Crippen molar-refractivity contribution in [3.05, 3.63) is 95.5 Å². The van der Waals surface area contributed by atoms with Crippen LogP contribution in [0.15, 0.2) is 84.3 Å². The van der Waals surface area contributed by atoms with Gasteiger partial charge in [-0.05, 0) is 78.5 Å². The van der Waals surface area contributed by atoms with Gasteiger partial charge in [0, 0.05) is 26.2 Å². The Balaban J connectivity index is 0.000000227. The van der Waals surface area contributed by atoms with E-state index in [0.717, 1.165) is 63.0 Å². The van der Waals surface area contributed by atoms with Gasteiger partial charge in [-0.1, -0.05) is 60.7 Å². The summed E-state index contributed by atoms with van der Waals surface area (Å²) in [5, 5.41) is 16.7. The van der Waals surface area contributed by atoms with Crippen LogP contribution in [0.1, 0.15) is 49.7 Å². The average molecular weight is 775 g/mol. The van der Waals surface area contributed by atoms with Gasteiger partial charge in [0.2, 0.25) is 0 Å². The largest absolute Gasteiger partial charge is 0.652 e. The molecule has 0 N–H and O–H groups in total. The Bertz CT molecular complexity index is 1590. The van der Waals surface area contributed by atoms with E-state index in [1.165, 1.54) is 24.0 Å². The lowest BCUT2D eigenvalue weighted by Gasteiger charge is -2.32. The average Bonchev–Trinajstić information content (AvgIpc) is 4.08. The summed E-state index contributed by atoms with van der Waals surface area (Å²) in [6.45, 7) is 3.75. The number of likely N-dealkylation sites (tertiary alicyclic amines) is 2. The molecule has 2 aromatic carbocycles. The van der Waals surface area contributed by atoms with E-state index in [1.54, 1.807) is 14.2 Å². The maximum absolute atomic E-state index is 12.3. The molecule has 2 heterocycles. The third-order valence-electron chi connectivity index (χ3n) is 11.0. The van der Waals surface area contributed by atoms with E-state index in [9.17, 15) is 9.59 Å². The predicted molar refractivity (Wildman–Crippen MR) is 208 cm³/mol. The summed E-state index contributed by atoms with van der Waals surface area (Å²) in [6.07, 6.45) is 11.7. The number of methoxy groups -OCH3 is 2. The fourth-order valence-electron chi connectivity index (χ4n) is 7.91. The number of ether oxygens (including phenoxy) is 4. The van der Waals surface area contributed by atoms with Gasteiger partial charge in [0.1, 0.15) is 41.4 Å². The van der Waals surface area contributed by atoms with E-state index in [-0.39, 0.29) is 12.2 Å². The monoisotopic (exact) mass is 774 g/mol. The summed E-state index contributed by atoms with van der Waals surface area (Å²) >= 11 is 0. The van der Waals surface area contributed by atoms with Crippen molar-refractivity contribution in [2.45, 2.75) is 51.7 Å². The molecule has 2 saturated heterocycles. The summed E-state index contributed by atoms with van der Waals surface area (Å²) in [4.78, 5) is 36.7.